The maximum absolute atomic E-state index is 13.1. The smallest absolute Gasteiger partial charge is 0.150 e. The lowest BCUT2D eigenvalue weighted by atomic mass is 10.2. The second-order valence-corrected chi connectivity index (χ2v) is 4.36. The van der Waals surface area contributed by atoms with E-state index in [2.05, 4.69) is 16.0 Å². The van der Waals surface area contributed by atoms with Gasteiger partial charge in [-0.2, -0.15) is 0 Å². The van der Waals surface area contributed by atoms with Crippen molar-refractivity contribution in [1.29, 1.82) is 0 Å². The van der Waals surface area contributed by atoms with Gasteiger partial charge in [-0.15, -0.1) is 0 Å². The molecule has 3 aromatic rings. The van der Waals surface area contributed by atoms with E-state index in [0.29, 0.717) is 16.4 Å². The number of imidazole rings is 1. The summed E-state index contributed by atoms with van der Waals surface area (Å²) in [4.78, 5) is 8.23. The van der Waals surface area contributed by atoms with Gasteiger partial charge in [0.25, 0.3) is 0 Å². The number of hydrogen-bond donors (Lipinski definition) is 0. The van der Waals surface area contributed by atoms with E-state index in [-0.39, 0.29) is 0 Å². The van der Waals surface area contributed by atoms with Crippen LogP contribution in [-0.2, 0) is 7.05 Å². The van der Waals surface area contributed by atoms with Gasteiger partial charge in [0.15, 0.2) is 0 Å². The number of fused-ring (bicyclic) bond motifs is 1. The third kappa shape index (κ3) is 1.75. The van der Waals surface area contributed by atoms with Crippen molar-refractivity contribution in [3.63, 3.8) is 0 Å². The second-order valence-electron chi connectivity index (χ2n) is 3.92. The number of pyridine rings is 1. The van der Waals surface area contributed by atoms with E-state index in [9.17, 15) is 4.39 Å². The summed E-state index contributed by atoms with van der Waals surface area (Å²) >= 11 is 5.95. The zero-order valence-corrected chi connectivity index (χ0v) is 10.2. The summed E-state index contributed by atoms with van der Waals surface area (Å²) in [6, 6.07) is 8.01. The van der Waals surface area contributed by atoms with Gasteiger partial charge in [-0.1, -0.05) is 11.6 Å². The first-order valence-electron chi connectivity index (χ1n) is 5.30. The molecule has 1 aromatic carbocycles. The van der Waals surface area contributed by atoms with Crippen LogP contribution < -0.4 is 0 Å². The molecule has 0 aliphatic carbocycles. The maximum Gasteiger partial charge on any atom is 0.150 e. The Labute approximate surface area is 108 Å². The van der Waals surface area contributed by atoms with Gasteiger partial charge in [-0.05, 0) is 18.2 Å². The summed E-state index contributed by atoms with van der Waals surface area (Å²) in [5, 5.41) is 0.637. The Balaban J connectivity index is 2.27. The lowest BCUT2D eigenvalue weighted by Gasteiger charge is -2.01. The fourth-order valence-electron chi connectivity index (χ4n) is 1.89. The molecule has 2 heterocycles. The van der Waals surface area contributed by atoms with E-state index in [4.69, 9.17) is 11.6 Å². The molecule has 0 spiro atoms. The highest BCUT2D eigenvalue weighted by molar-refractivity contribution is 6.31. The number of benzene rings is 1. The summed E-state index contributed by atoms with van der Waals surface area (Å²) < 4.78 is 15.0. The Morgan fingerprint density at radius 2 is 2.17 bits per heavy atom. The molecule has 0 aliphatic rings. The van der Waals surface area contributed by atoms with E-state index in [1.807, 2.05) is 23.7 Å². The van der Waals surface area contributed by atoms with Gasteiger partial charge < -0.3 is 4.57 Å². The van der Waals surface area contributed by atoms with Crippen molar-refractivity contribution in [2.75, 3.05) is 0 Å². The molecule has 0 bridgehead atoms. The first kappa shape index (κ1) is 11.2. The summed E-state index contributed by atoms with van der Waals surface area (Å²) in [6.45, 7) is 0. The predicted molar refractivity (Wildman–Crippen MR) is 67.7 cm³/mol. The van der Waals surface area contributed by atoms with Gasteiger partial charge in [0.2, 0.25) is 0 Å². The van der Waals surface area contributed by atoms with Crippen molar-refractivity contribution in [3.05, 3.63) is 47.5 Å². The van der Waals surface area contributed by atoms with Crippen LogP contribution >= 0.6 is 11.6 Å². The van der Waals surface area contributed by atoms with Crippen LogP contribution in [0.1, 0.15) is 0 Å². The first-order chi connectivity index (χ1) is 8.65. The fraction of sp³-hybridized carbons (Fsp3) is 0.0769. The van der Waals surface area contributed by atoms with Crippen LogP contribution in [0.4, 0.5) is 4.39 Å². The van der Waals surface area contributed by atoms with Crippen LogP contribution in [0.2, 0.25) is 5.02 Å². The molecular weight excluding hydrogens is 253 g/mol. The van der Waals surface area contributed by atoms with E-state index in [1.54, 1.807) is 6.07 Å². The summed E-state index contributed by atoms with van der Waals surface area (Å²) in [7, 11) is 1.85. The Kier molecular flexibility index (Phi) is 2.52. The number of aromatic nitrogens is 3. The van der Waals surface area contributed by atoms with E-state index in [0.717, 1.165) is 17.2 Å². The molecule has 0 saturated carbocycles. The van der Waals surface area contributed by atoms with Crippen LogP contribution in [0.5, 0.6) is 0 Å². The molecule has 18 heavy (non-hydrogen) atoms. The van der Waals surface area contributed by atoms with Crippen LogP contribution in [0.25, 0.3) is 22.4 Å². The largest absolute Gasteiger partial charge is 0.327 e. The number of rotatable bonds is 1. The number of hydrogen-bond acceptors (Lipinski definition) is 2. The molecule has 0 aliphatic heterocycles. The SMILES string of the molecule is Cn1c(-c2[c]c(F)cnc2)nc2ccc(Cl)cc21. The molecule has 3 rings (SSSR count). The molecule has 3 nitrogen and oxygen atoms in total. The fourth-order valence-corrected chi connectivity index (χ4v) is 2.05. The molecule has 89 valence electrons. The Morgan fingerprint density at radius 3 is 2.94 bits per heavy atom. The average Bonchev–Trinajstić information content (AvgIpc) is 2.67. The molecule has 0 fully saturated rings. The molecule has 0 unspecified atom stereocenters. The lowest BCUT2D eigenvalue weighted by Crippen LogP contribution is -1.94. The molecule has 1 radical (unpaired) electrons. The monoisotopic (exact) mass is 260 g/mol. The number of aryl methyl sites for hydroxylation is 1. The van der Waals surface area contributed by atoms with Crippen LogP contribution in [0.15, 0.2) is 30.6 Å². The average molecular weight is 261 g/mol. The lowest BCUT2D eigenvalue weighted by molar-refractivity contribution is 0.619. The molecule has 0 amide bonds. The summed E-state index contributed by atoms with van der Waals surface area (Å²) in [5.74, 6) is 0.108. The first-order valence-corrected chi connectivity index (χ1v) is 5.68. The quantitative estimate of drug-likeness (QED) is 0.673. The van der Waals surface area contributed by atoms with Gasteiger partial charge in [0.1, 0.15) is 11.6 Å². The van der Waals surface area contributed by atoms with Crippen molar-refractivity contribution in [2.24, 2.45) is 7.05 Å². The normalized spacial score (nSPS) is 11.1. The minimum atomic E-state index is -0.502. The van der Waals surface area contributed by atoms with Crippen molar-refractivity contribution in [3.8, 4) is 11.4 Å². The van der Waals surface area contributed by atoms with Gasteiger partial charge in [-0.3, -0.25) is 4.98 Å². The molecule has 5 heteroatoms. The van der Waals surface area contributed by atoms with Crippen molar-refractivity contribution in [2.45, 2.75) is 0 Å². The Morgan fingerprint density at radius 1 is 1.33 bits per heavy atom. The van der Waals surface area contributed by atoms with Gasteiger partial charge >= 0.3 is 0 Å². The summed E-state index contributed by atoms with van der Waals surface area (Å²) in [6.07, 6.45) is 2.65. The van der Waals surface area contributed by atoms with Gasteiger partial charge in [0.05, 0.1) is 17.2 Å². The zero-order chi connectivity index (χ0) is 12.7. The summed E-state index contributed by atoms with van der Waals surface area (Å²) in [5.41, 5.74) is 2.20. The minimum Gasteiger partial charge on any atom is -0.327 e. The van der Waals surface area contributed by atoms with Crippen molar-refractivity contribution >= 4 is 22.6 Å². The topological polar surface area (TPSA) is 30.7 Å². The predicted octanol–water partition coefficient (Wildman–Crippen LogP) is 3.23. The third-order valence-electron chi connectivity index (χ3n) is 2.73. The highest BCUT2D eigenvalue weighted by Crippen LogP contribution is 2.25. The standard InChI is InChI=1S/C13H8ClFN3/c1-18-12-5-9(14)2-3-11(12)17-13(18)8-4-10(15)7-16-6-8/h2-3,5-7H,1H3. The van der Waals surface area contributed by atoms with Crippen LogP contribution in [0, 0.1) is 11.9 Å². The number of nitrogens with zero attached hydrogens (tertiary/aromatic N) is 3. The van der Waals surface area contributed by atoms with Gasteiger partial charge in [0, 0.05) is 29.9 Å². The van der Waals surface area contributed by atoms with Gasteiger partial charge in [-0.25, -0.2) is 9.37 Å². The molecule has 0 saturated heterocycles. The molecular formula is C13H8ClFN3. The number of halogens is 2. The second kappa shape index (κ2) is 4.07. The highest BCUT2D eigenvalue weighted by atomic mass is 35.5. The van der Waals surface area contributed by atoms with Crippen molar-refractivity contribution in [1.82, 2.24) is 14.5 Å². The van der Waals surface area contributed by atoms with Crippen LogP contribution in [0.3, 0.4) is 0 Å². The zero-order valence-electron chi connectivity index (χ0n) is 9.48. The highest BCUT2D eigenvalue weighted by Gasteiger charge is 2.11. The van der Waals surface area contributed by atoms with Crippen LogP contribution in [-0.4, -0.2) is 14.5 Å². The Hall–Kier alpha value is -1.94. The molecule has 2 aromatic heterocycles. The Bertz CT molecular complexity index is 736. The van der Waals surface area contributed by atoms with E-state index >= 15 is 0 Å². The maximum atomic E-state index is 13.1. The molecule has 0 N–H and O–H groups in total. The molecule has 0 atom stereocenters. The van der Waals surface area contributed by atoms with E-state index < -0.39 is 5.82 Å². The van der Waals surface area contributed by atoms with E-state index in [1.165, 1.54) is 6.20 Å². The third-order valence-corrected chi connectivity index (χ3v) is 2.96. The minimum absolute atomic E-state index is 0.502. The van der Waals surface area contributed by atoms with Crippen molar-refractivity contribution < 1.29 is 4.39 Å².